The highest BCUT2D eigenvalue weighted by atomic mass is 35.5. The van der Waals surface area contributed by atoms with Gasteiger partial charge in [-0.25, -0.2) is 4.39 Å². The fourth-order valence-corrected chi connectivity index (χ4v) is 0.922. The molecule has 0 amide bonds. The number of hydrogen-bond donors (Lipinski definition) is 0. The lowest BCUT2D eigenvalue weighted by Crippen LogP contribution is -2.06. The van der Waals surface area contributed by atoms with Crippen molar-refractivity contribution >= 4 is 17.4 Å². The third-order valence-corrected chi connectivity index (χ3v) is 1.62. The van der Waals surface area contributed by atoms with Crippen molar-refractivity contribution in [2.75, 3.05) is 6.61 Å². The van der Waals surface area contributed by atoms with Crippen molar-refractivity contribution in [3.05, 3.63) is 29.0 Å². The fraction of sp³-hybridized carbons (Fsp3) is 0.222. The first-order valence-corrected chi connectivity index (χ1v) is 4.04. The maximum Gasteiger partial charge on any atom is 0.167 e. The number of carbonyl (C=O) groups excluding carboxylic acids is 1. The quantitative estimate of drug-likeness (QED) is 0.753. The third-order valence-electron chi connectivity index (χ3n) is 1.33. The molecule has 0 fully saturated rings. The zero-order chi connectivity index (χ0) is 9.84. The molecule has 0 aliphatic heterocycles. The van der Waals surface area contributed by atoms with Crippen LogP contribution in [0.3, 0.4) is 0 Å². The molecule has 0 aliphatic carbocycles. The minimum atomic E-state index is -0.503. The van der Waals surface area contributed by atoms with E-state index in [1.54, 1.807) is 0 Å². The second-order valence-electron chi connectivity index (χ2n) is 2.57. The lowest BCUT2D eigenvalue weighted by atomic mass is 10.3. The predicted octanol–water partition coefficient (Wildman–Crippen LogP) is 2.45. The number of halogens is 2. The van der Waals surface area contributed by atoms with Crippen LogP contribution in [-0.2, 0) is 4.79 Å². The van der Waals surface area contributed by atoms with Gasteiger partial charge in [-0.3, -0.25) is 4.79 Å². The normalized spacial score (nSPS) is 9.77. The molecule has 0 bridgehead atoms. The summed E-state index contributed by atoms with van der Waals surface area (Å²) in [6.07, 6.45) is 0. The van der Waals surface area contributed by atoms with E-state index in [0.29, 0.717) is 5.75 Å². The van der Waals surface area contributed by atoms with E-state index < -0.39 is 5.82 Å². The Balaban J connectivity index is 2.68. The van der Waals surface area contributed by atoms with Crippen LogP contribution in [0.25, 0.3) is 0 Å². The maximum atomic E-state index is 12.6. The average molecular weight is 203 g/mol. The summed E-state index contributed by atoms with van der Waals surface area (Å²) in [6.45, 7) is 1.38. The van der Waals surface area contributed by atoms with E-state index in [0.717, 1.165) is 0 Å². The molecule has 0 saturated carbocycles. The molecule has 0 radical (unpaired) electrons. The van der Waals surface area contributed by atoms with Gasteiger partial charge in [-0.05, 0) is 19.1 Å². The van der Waals surface area contributed by atoms with Gasteiger partial charge >= 0.3 is 0 Å². The summed E-state index contributed by atoms with van der Waals surface area (Å²) in [7, 11) is 0. The minimum absolute atomic E-state index is 0.0129. The Morgan fingerprint density at radius 3 is 2.85 bits per heavy atom. The first-order valence-electron chi connectivity index (χ1n) is 3.67. The molecule has 2 nitrogen and oxygen atoms in total. The molecule has 13 heavy (non-hydrogen) atoms. The van der Waals surface area contributed by atoms with Crippen LogP contribution in [0.1, 0.15) is 6.92 Å². The highest BCUT2D eigenvalue weighted by molar-refractivity contribution is 6.30. The summed E-state index contributed by atoms with van der Waals surface area (Å²) in [5.74, 6) is -0.209. The highest BCUT2D eigenvalue weighted by Gasteiger charge is 2.02. The second-order valence-corrected chi connectivity index (χ2v) is 2.97. The smallest absolute Gasteiger partial charge is 0.167 e. The first kappa shape index (κ1) is 9.99. The fourth-order valence-electron chi connectivity index (χ4n) is 0.752. The molecule has 1 aromatic rings. The van der Waals surface area contributed by atoms with Crippen LogP contribution < -0.4 is 4.74 Å². The molecule has 0 saturated heterocycles. The molecule has 0 unspecified atom stereocenters. The topological polar surface area (TPSA) is 26.3 Å². The Bertz CT molecular complexity index is 325. The molecule has 0 aromatic heterocycles. The lowest BCUT2D eigenvalue weighted by molar-refractivity contribution is -0.118. The lowest BCUT2D eigenvalue weighted by Gasteiger charge is -2.03. The van der Waals surface area contributed by atoms with Crippen molar-refractivity contribution in [3.63, 3.8) is 0 Å². The van der Waals surface area contributed by atoms with Gasteiger partial charge < -0.3 is 4.74 Å². The van der Waals surface area contributed by atoms with Crippen LogP contribution in [0.15, 0.2) is 18.2 Å². The Kier molecular flexibility index (Phi) is 3.25. The summed E-state index contributed by atoms with van der Waals surface area (Å²) >= 11 is 5.49. The highest BCUT2D eigenvalue weighted by Crippen LogP contribution is 2.20. The number of hydrogen-bond acceptors (Lipinski definition) is 2. The summed E-state index contributed by atoms with van der Waals surface area (Å²) in [5.41, 5.74) is 0. The number of ketones is 1. The average Bonchev–Trinajstić information content (AvgIpc) is 2.07. The molecular formula is C9H8ClFO2. The monoisotopic (exact) mass is 202 g/mol. The Morgan fingerprint density at radius 2 is 2.31 bits per heavy atom. The van der Waals surface area contributed by atoms with Gasteiger partial charge in [-0.2, -0.15) is 0 Å². The summed E-state index contributed by atoms with van der Waals surface area (Å²) < 4.78 is 17.6. The molecular weight excluding hydrogens is 195 g/mol. The number of benzene rings is 1. The summed E-state index contributed by atoms with van der Waals surface area (Å²) in [5, 5.41) is -0.0129. The maximum absolute atomic E-state index is 12.6. The van der Waals surface area contributed by atoms with Crippen LogP contribution in [0, 0.1) is 5.82 Å². The van der Waals surface area contributed by atoms with E-state index in [9.17, 15) is 9.18 Å². The Hall–Kier alpha value is -1.09. The van der Waals surface area contributed by atoms with E-state index in [2.05, 4.69) is 0 Å². The standard InChI is InChI=1S/C9H8ClFO2/c1-6(12)5-13-7-2-3-9(11)8(10)4-7/h2-4H,5H2,1H3. The predicted molar refractivity (Wildman–Crippen MR) is 47.6 cm³/mol. The van der Waals surface area contributed by atoms with Crippen molar-refractivity contribution < 1.29 is 13.9 Å². The van der Waals surface area contributed by atoms with Crippen molar-refractivity contribution in [2.24, 2.45) is 0 Å². The number of ether oxygens (including phenoxy) is 1. The van der Waals surface area contributed by atoms with E-state index in [1.165, 1.54) is 25.1 Å². The number of carbonyl (C=O) groups is 1. The van der Waals surface area contributed by atoms with Gasteiger partial charge in [0, 0.05) is 6.07 Å². The Labute approximate surface area is 80.3 Å². The van der Waals surface area contributed by atoms with Gasteiger partial charge in [0.2, 0.25) is 0 Å². The largest absolute Gasteiger partial charge is 0.486 e. The van der Waals surface area contributed by atoms with E-state index in [1.807, 2.05) is 0 Å². The van der Waals surface area contributed by atoms with Crippen LogP contribution in [0.4, 0.5) is 4.39 Å². The molecule has 0 heterocycles. The summed E-state index contributed by atoms with van der Waals surface area (Å²) in [4.78, 5) is 10.5. The summed E-state index contributed by atoms with van der Waals surface area (Å²) in [6, 6.07) is 3.95. The van der Waals surface area contributed by atoms with Crippen molar-refractivity contribution in [1.29, 1.82) is 0 Å². The van der Waals surface area contributed by atoms with Gasteiger partial charge in [-0.1, -0.05) is 11.6 Å². The zero-order valence-corrected chi connectivity index (χ0v) is 7.77. The van der Waals surface area contributed by atoms with Crippen molar-refractivity contribution in [2.45, 2.75) is 6.92 Å². The molecule has 1 rings (SSSR count). The van der Waals surface area contributed by atoms with Crippen molar-refractivity contribution in [3.8, 4) is 5.75 Å². The number of rotatable bonds is 3. The molecule has 70 valence electrons. The van der Waals surface area contributed by atoms with Crippen LogP contribution >= 0.6 is 11.6 Å². The van der Waals surface area contributed by atoms with Gasteiger partial charge in [0.25, 0.3) is 0 Å². The molecule has 0 atom stereocenters. The van der Waals surface area contributed by atoms with Gasteiger partial charge in [0.15, 0.2) is 5.78 Å². The molecule has 4 heteroatoms. The minimum Gasteiger partial charge on any atom is -0.486 e. The van der Waals surface area contributed by atoms with E-state index in [4.69, 9.17) is 16.3 Å². The van der Waals surface area contributed by atoms with Crippen LogP contribution in [0.2, 0.25) is 5.02 Å². The molecule has 0 N–H and O–H groups in total. The SMILES string of the molecule is CC(=O)COc1ccc(F)c(Cl)c1. The molecule has 0 spiro atoms. The Morgan fingerprint density at radius 1 is 1.62 bits per heavy atom. The third kappa shape index (κ3) is 3.03. The first-order chi connectivity index (χ1) is 6.09. The van der Waals surface area contributed by atoms with E-state index >= 15 is 0 Å². The number of Topliss-reactive ketones (excluding diaryl/α,β-unsaturated/α-hetero) is 1. The molecule has 0 aliphatic rings. The second kappa shape index (κ2) is 4.23. The van der Waals surface area contributed by atoms with Crippen LogP contribution in [0.5, 0.6) is 5.75 Å². The van der Waals surface area contributed by atoms with Crippen molar-refractivity contribution in [1.82, 2.24) is 0 Å². The van der Waals surface area contributed by atoms with Gasteiger partial charge in [0.05, 0.1) is 5.02 Å². The van der Waals surface area contributed by atoms with Gasteiger partial charge in [0.1, 0.15) is 18.2 Å². The molecule has 1 aromatic carbocycles. The van der Waals surface area contributed by atoms with E-state index in [-0.39, 0.29) is 17.4 Å². The van der Waals surface area contributed by atoms with Gasteiger partial charge in [-0.15, -0.1) is 0 Å². The zero-order valence-electron chi connectivity index (χ0n) is 7.01. The van der Waals surface area contributed by atoms with Crippen LogP contribution in [-0.4, -0.2) is 12.4 Å².